The second kappa shape index (κ2) is 4.74. The average Bonchev–Trinajstić information content (AvgIpc) is 2.15. The fourth-order valence-electron chi connectivity index (χ4n) is 0.922. The fourth-order valence-corrected chi connectivity index (χ4v) is 0.922. The Labute approximate surface area is 71.5 Å². The van der Waals surface area contributed by atoms with Gasteiger partial charge in [-0.25, -0.2) is 5.11 Å². The molecule has 0 fully saturated rings. The number of ether oxygens (including phenoxy) is 2. The summed E-state index contributed by atoms with van der Waals surface area (Å²) in [5, 5.41) is 10.0. The van der Waals surface area contributed by atoms with Crippen molar-refractivity contribution in [3.05, 3.63) is 29.8 Å². The summed E-state index contributed by atoms with van der Waals surface area (Å²) in [6.07, 6.45) is 0. The lowest BCUT2D eigenvalue weighted by molar-refractivity contribution is -0.0522. The summed E-state index contributed by atoms with van der Waals surface area (Å²) in [6, 6.07) is 7.44. The average molecular weight is 167 g/mol. The van der Waals surface area contributed by atoms with E-state index in [0.717, 1.165) is 11.3 Å². The zero-order valence-corrected chi connectivity index (χ0v) is 6.95. The maximum atomic E-state index is 10.0. The SMILES string of the molecule is COc1cccc(COC[O])c1. The van der Waals surface area contributed by atoms with Gasteiger partial charge < -0.3 is 9.47 Å². The molecule has 0 bridgehead atoms. The molecule has 0 N–H and O–H groups in total. The van der Waals surface area contributed by atoms with Gasteiger partial charge in [-0.3, -0.25) is 0 Å². The minimum absolute atomic E-state index is 0.348. The lowest BCUT2D eigenvalue weighted by Gasteiger charge is -2.02. The summed E-state index contributed by atoms with van der Waals surface area (Å²) in [5.74, 6) is 0.780. The molecule has 0 aromatic heterocycles. The van der Waals surface area contributed by atoms with Crippen molar-refractivity contribution in [2.24, 2.45) is 0 Å². The van der Waals surface area contributed by atoms with Crippen molar-refractivity contribution in [2.45, 2.75) is 6.61 Å². The Morgan fingerprint density at radius 3 is 2.92 bits per heavy atom. The second-order valence-electron chi connectivity index (χ2n) is 2.32. The molecule has 3 heteroatoms. The highest BCUT2D eigenvalue weighted by molar-refractivity contribution is 5.27. The van der Waals surface area contributed by atoms with Gasteiger partial charge in [0.25, 0.3) is 0 Å². The van der Waals surface area contributed by atoms with Gasteiger partial charge in [0.2, 0.25) is 0 Å². The van der Waals surface area contributed by atoms with Crippen LogP contribution in [0.25, 0.3) is 0 Å². The van der Waals surface area contributed by atoms with Gasteiger partial charge in [0.1, 0.15) is 5.75 Å². The second-order valence-corrected chi connectivity index (χ2v) is 2.32. The highest BCUT2D eigenvalue weighted by Crippen LogP contribution is 2.12. The Morgan fingerprint density at radius 2 is 2.25 bits per heavy atom. The van der Waals surface area contributed by atoms with Gasteiger partial charge >= 0.3 is 0 Å². The van der Waals surface area contributed by atoms with Crippen molar-refractivity contribution in [1.82, 2.24) is 0 Å². The zero-order chi connectivity index (χ0) is 8.81. The smallest absolute Gasteiger partial charge is 0.181 e. The Kier molecular flexibility index (Phi) is 3.57. The molecule has 65 valence electrons. The van der Waals surface area contributed by atoms with E-state index < -0.39 is 6.79 Å². The van der Waals surface area contributed by atoms with Crippen LogP contribution in [0.3, 0.4) is 0 Å². The molecular formula is C9H11O3. The van der Waals surface area contributed by atoms with Gasteiger partial charge in [-0.15, -0.1) is 0 Å². The Balaban J connectivity index is 2.60. The van der Waals surface area contributed by atoms with Gasteiger partial charge in [-0.05, 0) is 17.7 Å². The molecule has 1 radical (unpaired) electrons. The van der Waals surface area contributed by atoms with E-state index in [9.17, 15) is 5.11 Å². The highest BCUT2D eigenvalue weighted by Gasteiger charge is 1.94. The van der Waals surface area contributed by atoms with Gasteiger partial charge in [0.05, 0.1) is 13.7 Å². The highest BCUT2D eigenvalue weighted by atomic mass is 16.6. The van der Waals surface area contributed by atoms with Gasteiger partial charge in [-0.1, -0.05) is 12.1 Å². The fraction of sp³-hybridized carbons (Fsp3) is 0.333. The number of methoxy groups -OCH3 is 1. The minimum Gasteiger partial charge on any atom is -0.497 e. The lowest BCUT2D eigenvalue weighted by atomic mass is 10.2. The summed E-state index contributed by atoms with van der Waals surface area (Å²) in [7, 11) is 1.60. The Hall–Kier alpha value is -1.06. The normalized spacial score (nSPS) is 9.83. The van der Waals surface area contributed by atoms with Crippen LogP contribution in [0, 0.1) is 0 Å². The van der Waals surface area contributed by atoms with E-state index in [1.165, 1.54) is 0 Å². The predicted molar refractivity (Wildman–Crippen MR) is 43.3 cm³/mol. The van der Waals surface area contributed by atoms with Crippen LogP contribution >= 0.6 is 0 Å². The molecule has 12 heavy (non-hydrogen) atoms. The quantitative estimate of drug-likeness (QED) is 0.639. The molecule has 0 aliphatic heterocycles. The Morgan fingerprint density at radius 1 is 1.42 bits per heavy atom. The van der Waals surface area contributed by atoms with Gasteiger partial charge in [-0.2, -0.15) is 0 Å². The molecule has 0 atom stereocenters. The molecular weight excluding hydrogens is 156 g/mol. The lowest BCUT2D eigenvalue weighted by Crippen LogP contribution is -1.93. The van der Waals surface area contributed by atoms with Crippen LogP contribution in [0.2, 0.25) is 0 Å². The Bertz CT molecular complexity index is 235. The molecule has 0 aliphatic rings. The molecule has 0 spiro atoms. The first kappa shape index (κ1) is 9.03. The molecule has 1 aromatic rings. The topological polar surface area (TPSA) is 38.4 Å². The molecule has 0 amide bonds. The first-order valence-electron chi connectivity index (χ1n) is 3.65. The molecule has 0 heterocycles. The minimum atomic E-state index is -0.503. The third-order valence-electron chi connectivity index (χ3n) is 1.49. The van der Waals surface area contributed by atoms with E-state index in [1.807, 2.05) is 24.3 Å². The van der Waals surface area contributed by atoms with Crippen LogP contribution in [0.5, 0.6) is 5.75 Å². The number of rotatable bonds is 4. The van der Waals surface area contributed by atoms with Gasteiger partial charge in [0, 0.05) is 0 Å². The van der Waals surface area contributed by atoms with Crippen molar-refractivity contribution >= 4 is 0 Å². The van der Waals surface area contributed by atoms with Crippen molar-refractivity contribution in [1.29, 1.82) is 0 Å². The van der Waals surface area contributed by atoms with Crippen molar-refractivity contribution in [2.75, 3.05) is 13.9 Å². The van der Waals surface area contributed by atoms with Crippen LogP contribution in [0.15, 0.2) is 24.3 Å². The first-order chi connectivity index (χ1) is 5.86. The van der Waals surface area contributed by atoms with E-state index >= 15 is 0 Å². The van der Waals surface area contributed by atoms with Crippen molar-refractivity contribution < 1.29 is 14.6 Å². The van der Waals surface area contributed by atoms with Crippen molar-refractivity contribution in [3.63, 3.8) is 0 Å². The number of hydrogen-bond donors (Lipinski definition) is 0. The molecule has 0 saturated heterocycles. The first-order valence-corrected chi connectivity index (χ1v) is 3.65. The summed E-state index contributed by atoms with van der Waals surface area (Å²) in [6.45, 7) is -0.155. The predicted octanol–water partition coefficient (Wildman–Crippen LogP) is 1.60. The largest absolute Gasteiger partial charge is 0.497 e. The van der Waals surface area contributed by atoms with Crippen LogP contribution in [-0.2, 0) is 16.5 Å². The molecule has 1 aromatic carbocycles. The monoisotopic (exact) mass is 167 g/mol. The zero-order valence-electron chi connectivity index (χ0n) is 6.95. The van der Waals surface area contributed by atoms with Crippen LogP contribution in [0.4, 0.5) is 0 Å². The molecule has 0 aliphatic carbocycles. The summed E-state index contributed by atoms with van der Waals surface area (Å²) < 4.78 is 9.71. The number of hydrogen-bond acceptors (Lipinski definition) is 2. The molecule has 0 saturated carbocycles. The van der Waals surface area contributed by atoms with E-state index in [0.29, 0.717) is 6.61 Å². The van der Waals surface area contributed by atoms with Crippen LogP contribution in [0.1, 0.15) is 5.56 Å². The molecule has 3 nitrogen and oxygen atoms in total. The van der Waals surface area contributed by atoms with E-state index in [2.05, 4.69) is 0 Å². The maximum Gasteiger partial charge on any atom is 0.181 e. The molecule has 1 rings (SSSR count). The van der Waals surface area contributed by atoms with Crippen LogP contribution < -0.4 is 4.74 Å². The molecule has 0 unspecified atom stereocenters. The van der Waals surface area contributed by atoms with E-state index in [1.54, 1.807) is 7.11 Å². The van der Waals surface area contributed by atoms with Gasteiger partial charge in [0.15, 0.2) is 6.79 Å². The third-order valence-corrected chi connectivity index (χ3v) is 1.49. The van der Waals surface area contributed by atoms with Crippen LogP contribution in [-0.4, -0.2) is 13.9 Å². The maximum absolute atomic E-state index is 10.0. The standard InChI is InChI=1S/C9H11O3/c1-11-9-4-2-3-8(5-9)6-12-7-10/h2-5H,6-7H2,1H3. The summed E-state index contributed by atoms with van der Waals surface area (Å²) in [4.78, 5) is 0. The van der Waals surface area contributed by atoms with E-state index in [4.69, 9.17) is 9.47 Å². The summed E-state index contributed by atoms with van der Waals surface area (Å²) >= 11 is 0. The van der Waals surface area contributed by atoms with E-state index in [-0.39, 0.29) is 0 Å². The number of benzene rings is 1. The van der Waals surface area contributed by atoms with Crippen molar-refractivity contribution in [3.8, 4) is 5.75 Å². The third kappa shape index (κ3) is 2.53. The summed E-state index contributed by atoms with van der Waals surface area (Å²) in [5.41, 5.74) is 0.949.